The molecule has 0 saturated carbocycles. The van der Waals surface area contributed by atoms with Gasteiger partial charge in [0.2, 0.25) is 10.0 Å². The summed E-state index contributed by atoms with van der Waals surface area (Å²) in [5, 5.41) is 40.2. The van der Waals surface area contributed by atoms with Gasteiger partial charge in [-0.3, -0.25) is 0 Å². The maximum Gasteiger partial charge on any atom is 0.242 e. The molecule has 0 bridgehead atoms. The normalized spacial score (nSPS) is 25.9. The Hall–Kier alpha value is -2.05. The molecule has 33 heavy (non-hydrogen) atoms. The van der Waals surface area contributed by atoms with Gasteiger partial charge in [-0.05, 0) is 48.2 Å². The molecule has 2 aromatic carbocycles. The zero-order chi connectivity index (χ0) is 24.3. The predicted octanol–water partition coefficient (Wildman–Crippen LogP) is 0.441. The van der Waals surface area contributed by atoms with Gasteiger partial charge in [0.05, 0.1) is 18.1 Å². The highest BCUT2D eigenvalue weighted by atomic mass is 32.2. The summed E-state index contributed by atoms with van der Waals surface area (Å²) in [7, 11) is -0.873. The third kappa shape index (κ3) is 5.38. The molecule has 0 spiro atoms. The smallest absolute Gasteiger partial charge is 0.242 e. The van der Waals surface area contributed by atoms with Crippen LogP contribution >= 0.6 is 0 Å². The average Bonchev–Trinajstić information content (AvgIpc) is 2.79. The van der Waals surface area contributed by atoms with E-state index in [-0.39, 0.29) is 11.3 Å². The van der Waals surface area contributed by atoms with Crippen molar-refractivity contribution in [2.45, 2.75) is 48.8 Å². The van der Waals surface area contributed by atoms with Crippen LogP contribution in [0.3, 0.4) is 0 Å². The van der Waals surface area contributed by atoms with E-state index >= 15 is 0 Å². The predicted molar refractivity (Wildman–Crippen MR) is 120 cm³/mol. The van der Waals surface area contributed by atoms with Gasteiger partial charge in [0.15, 0.2) is 0 Å². The summed E-state index contributed by atoms with van der Waals surface area (Å²) in [6, 6.07) is 11.9. The van der Waals surface area contributed by atoms with Crippen LogP contribution in [0.5, 0.6) is 5.75 Å². The van der Waals surface area contributed by atoms with E-state index in [9.17, 15) is 28.8 Å². The summed E-state index contributed by atoms with van der Waals surface area (Å²) in [5.74, 6) is 0.706. The first kappa shape index (κ1) is 25.6. The van der Waals surface area contributed by atoms with Gasteiger partial charge < -0.3 is 29.9 Å². The summed E-state index contributed by atoms with van der Waals surface area (Å²) in [6.07, 6.45) is -6.31. The summed E-state index contributed by atoms with van der Waals surface area (Å²) >= 11 is 0. The van der Waals surface area contributed by atoms with Crippen molar-refractivity contribution in [3.05, 3.63) is 59.2 Å². The third-order valence-electron chi connectivity index (χ3n) is 5.69. The van der Waals surface area contributed by atoms with Gasteiger partial charge in [0.1, 0.15) is 36.3 Å². The van der Waals surface area contributed by atoms with Crippen molar-refractivity contribution in [3.63, 3.8) is 0 Å². The Bertz CT molecular complexity index is 1040. The largest absolute Gasteiger partial charge is 0.494 e. The summed E-state index contributed by atoms with van der Waals surface area (Å²) in [4.78, 5) is 0.106. The molecular weight excluding hydrogens is 450 g/mol. The van der Waals surface area contributed by atoms with Crippen molar-refractivity contribution in [2.24, 2.45) is 0 Å². The quantitative estimate of drug-likeness (QED) is 0.426. The van der Waals surface area contributed by atoms with Crippen LogP contribution in [0, 0.1) is 0 Å². The molecule has 3 rings (SSSR count). The molecule has 2 aromatic rings. The average molecular weight is 482 g/mol. The SMILES string of the molecule is CCOc1ccc(Cc2cc([C@@H]3O[C@H](CO)[C@@H](O)[C@H](O)[C@H]3O)ccc2S(=O)(=O)N(C)C)cc1. The van der Waals surface area contributed by atoms with Crippen LogP contribution < -0.4 is 4.74 Å². The number of hydrogen-bond donors (Lipinski definition) is 4. The monoisotopic (exact) mass is 481 g/mol. The molecule has 5 atom stereocenters. The van der Waals surface area contributed by atoms with Gasteiger partial charge in [0.25, 0.3) is 0 Å². The lowest BCUT2D eigenvalue weighted by Gasteiger charge is -2.40. The van der Waals surface area contributed by atoms with E-state index in [0.29, 0.717) is 23.5 Å². The fourth-order valence-electron chi connectivity index (χ4n) is 3.83. The highest BCUT2D eigenvalue weighted by Gasteiger charge is 2.44. The summed E-state index contributed by atoms with van der Waals surface area (Å²) < 4.78 is 38.1. The fourth-order valence-corrected chi connectivity index (χ4v) is 4.93. The number of sulfonamides is 1. The number of aliphatic hydroxyl groups is 4. The lowest BCUT2D eigenvalue weighted by molar-refractivity contribution is -0.231. The fraction of sp³-hybridized carbons (Fsp3) is 0.478. The van der Waals surface area contributed by atoms with Gasteiger partial charge >= 0.3 is 0 Å². The zero-order valence-electron chi connectivity index (χ0n) is 18.8. The molecule has 1 saturated heterocycles. The number of rotatable bonds is 8. The van der Waals surface area contributed by atoms with Crippen LogP contribution in [0.25, 0.3) is 0 Å². The van der Waals surface area contributed by atoms with Gasteiger partial charge in [-0.1, -0.05) is 24.3 Å². The minimum Gasteiger partial charge on any atom is -0.494 e. The molecule has 0 radical (unpaired) electrons. The molecule has 182 valence electrons. The van der Waals surface area contributed by atoms with Crippen molar-refractivity contribution in [3.8, 4) is 5.75 Å². The van der Waals surface area contributed by atoms with Crippen LogP contribution in [0.4, 0.5) is 0 Å². The van der Waals surface area contributed by atoms with Crippen molar-refractivity contribution in [1.29, 1.82) is 0 Å². The number of aliphatic hydroxyl groups excluding tert-OH is 4. The second kappa shape index (κ2) is 10.5. The first-order chi connectivity index (χ1) is 15.6. The Morgan fingerprint density at radius 2 is 1.67 bits per heavy atom. The highest BCUT2D eigenvalue weighted by molar-refractivity contribution is 7.89. The molecular formula is C23H31NO8S. The maximum absolute atomic E-state index is 12.9. The Balaban J connectivity index is 2.02. The van der Waals surface area contributed by atoms with Crippen LogP contribution in [-0.4, -0.2) is 84.9 Å². The van der Waals surface area contributed by atoms with E-state index in [4.69, 9.17) is 9.47 Å². The number of nitrogens with zero attached hydrogens (tertiary/aromatic N) is 1. The van der Waals surface area contributed by atoms with E-state index in [0.717, 1.165) is 9.87 Å². The standard InChI is InChI=1S/C23H31NO8S/c1-4-31-17-8-5-14(6-9-17)11-16-12-15(7-10-19(16)33(29,30)24(2)3)23-22(28)21(27)20(26)18(13-25)32-23/h5-10,12,18,20-23,25-28H,4,11,13H2,1-3H3/t18-,20-,21+,22-,23+/m1/s1. The van der Waals surface area contributed by atoms with Gasteiger partial charge in [-0.15, -0.1) is 0 Å². The van der Waals surface area contributed by atoms with Crippen molar-refractivity contribution >= 4 is 10.0 Å². The molecule has 1 aliphatic heterocycles. The van der Waals surface area contributed by atoms with Crippen molar-refractivity contribution < 1.29 is 38.3 Å². The summed E-state index contributed by atoms with van der Waals surface area (Å²) in [6.45, 7) is 1.87. The number of hydrogen-bond acceptors (Lipinski definition) is 8. The highest BCUT2D eigenvalue weighted by Crippen LogP contribution is 2.34. The van der Waals surface area contributed by atoms with E-state index in [2.05, 4.69) is 0 Å². The minimum atomic E-state index is -3.76. The van der Waals surface area contributed by atoms with E-state index in [1.165, 1.54) is 26.2 Å². The Labute approximate surface area is 193 Å². The second-order valence-electron chi connectivity index (χ2n) is 8.16. The van der Waals surface area contributed by atoms with E-state index < -0.39 is 47.2 Å². The van der Waals surface area contributed by atoms with E-state index in [1.807, 2.05) is 19.1 Å². The molecule has 4 N–H and O–H groups in total. The van der Waals surface area contributed by atoms with Crippen LogP contribution in [0.15, 0.2) is 47.4 Å². The van der Waals surface area contributed by atoms with E-state index in [1.54, 1.807) is 18.2 Å². The zero-order valence-corrected chi connectivity index (χ0v) is 19.6. The molecule has 0 amide bonds. The minimum absolute atomic E-state index is 0.106. The van der Waals surface area contributed by atoms with Crippen LogP contribution in [0.1, 0.15) is 29.7 Å². The van der Waals surface area contributed by atoms with Gasteiger partial charge in [0, 0.05) is 14.1 Å². The Morgan fingerprint density at radius 1 is 1.00 bits per heavy atom. The molecule has 0 aliphatic carbocycles. The molecule has 1 aliphatic rings. The first-order valence-electron chi connectivity index (χ1n) is 10.7. The molecule has 9 nitrogen and oxygen atoms in total. The van der Waals surface area contributed by atoms with Crippen molar-refractivity contribution in [1.82, 2.24) is 4.31 Å². The van der Waals surface area contributed by atoms with Gasteiger partial charge in [-0.25, -0.2) is 12.7 Å². The molecule has 0 aromatic heterocycles. The van der Waals surface area contributed by atoms with Crippen LogP contribution in [-0.2, 0) is 21.2 Å². The number of benzene rings is 2. The molecule has 10 heteroatoms. The topological polar surface area (TPSA) is 137 Å². The molecule has 1 heterocycles. The second-order valence-corrected chi connectivity index (χ2v) is 10.3. The third-order valence-corrected chi connectivity index (χ3v) is 7.61. The first-order valence-corrected chi connectivity index (χ1v) is 12.1. The molecule has 0 unspecified atom stereocenters. The number of ether oxygens (including phenoxy) is 2. The summed E-state index contributed by atoms with van der Waals surface area (Å²) in [5.41, 5.74) is 1.74. The Morgan fingerprint density at radius 3 is 2.24 bits per heavy atom. The van der Waals surface area contributed by atoms with Crippen molar-refractivity contribution in [2.75, 3.05) is 27.3 Å². The lowest BCUT2D eigenvalue weighted by Crippen LogP contribution is -2.55. The van der Waals surface area contributed by atoms with Crippen LogP contribution in [0.2, 0.25) is 0 Å². The molecule has 1 fully saturated rings. The lowest BCUT2D eigenvalue weighted by atomic mass is 9.90. The maximum atomic E-state index is 12.9. The van der Waals surface area contributed by atoms with Gasteiger partial charge in [-0.2, -0.15) is 0 Å². The Kier molecular flexibility index (Phi) is 8.12.